The Kier molecular flexibility index (Phi) is 6.01. The van der Waals surface area contributed by atoms with Crippen molar-refractivity contribution in [2.75, 3.05) is 5.32 Å². The summed E-state index contributed by atoms with van der Waals surface area (Å²) in [5, 5.41) is 18.1. The maximum absolute atomic E-state index is 4.78. The number of H-pyrrole nitrogens is 1. The smallest absolute Gasteiger partial charge is 0.205 e. The van der Waals surface area contributed by atoms with Crippen molar-refractivity contribution in [3.8, 4) is 22.5 Å². The average Bonchev–Trinajstić information content (AvgIpc) is 3.41. The number of rotatable bonds is 8. The molecule has 2 N–H and O–H groups in total. The fraction of sp³-hybridized carbons (Fsp3) is 0.192. The van der Waals surface area contributed by atoms with Gasteiger partial charge in [-0.3, -0.25) is 9.97 Å². The number of benzene rings is 2. The first-order valence-corrected chi connectivity index (χ1v) is 11.2. The molecule has 3 aromatic heterocycles. The van der Waals surface area contributed by atoms with Crippen LogP contribution in [0.4, 0.5) is 5.69 Å². The molecule has 0 atom stereocenters. The summed E-state index contributed by atoms with van der Waals surface area (Å²) < 4.78 is 0. The predicted molar refractivity (Wildman–Crippen MR) is 131 cm³/mol. The molecule has 0 spiro atoms. The molecular weight excluding hydrogens is 410 g/mol. The number of hydrogen-bond donors (Lipinski definition) is 2. The number of hydrogen-bond acceptors (Lipinski definition) is 6. The zero-order valence-corrected chi connectivity index (χ0v) is 18.5. The summed E-state index contributed by atoms with van der Waals surface area (Å²) in [5.41, 5.74) is 8.29. The molecule has 7 nitrogen and oxygen atoms in total. The van der Waals surface area contributed by atoms with Crippen LogP contribution >= 0.6 is 0 Å². The Bertz CT molecular complexity index is 1350. The van der Waals surface area contributed by atoms with Gasteiger partial charge in [0.15, 0.2) is 0 Å². The van der Waals surface area contributed by atoms with Crippen LogP contribution in [0.5, 0.6) is 0 Å². The van der Waals surface area contributed by atoms with E-state index in [9.17, 15) is 0 Å². The van der Waals surface area contributed by atoms with E-state index in [1.54, 1.807) is 0 Å². The van der Waals surface area contributed by atoms with E-state index in [1.807, 2.05) is 36.5 Å². The first-order chi connectivity index (χ1) is 16.3. The molecule has 0 aliphatic heterocycles. The molecule has 0 saturated heterocycles. The van der Waals surface area contributed by atoms with Crippen LogP contribution in [0, 0.1) is 0 Å². The van der Waals surface area contributed by atoms with Gasteiger partial charge in [0.1, 0.15) is 5.52 Å². The molecule has 0 unspecified atom stereocenters. The first kappa shape index (κ1) is 20.8. The summed E-state index contributed by atoms with van der Waals surface area (Å²) in [6.45, 7) is 2.90. The second-order valence-corrected chi connectivity index (χ2v) is 7.97. The zero-order chi connectivity index (χ0) is 22.5. The van der Waals surface area contributed by atoms with Gasteiger partial charge >= 0.3 is 0 Å². The lowest BCUT2D eigenvalue weighted by Gasteiger charge is -2.12. The number of pyridine rings is 2. The van der Waals surface area contributed by atoms with Gasteiger partial charge in [-0.2, -0.15) is 5.21 Å². The van der Waals surface area contributed by atoms with Crippen molar-refractivity contribution in [3.63, 3.8) is 0 Å². The van der Waals surface area contributed by atoms with E-state index in [1.165, 1.54) is 5.56 Å². The minimum Gasteiger partial charge on any atom is -0.379 e. The van der Waals surface area contributed by atoms with Gasteiger partial charge in [0, 0.05) is 24.0 Å². The molecule has 5 rings (SSSR count). The van der Waals surface area contributed by atoms with E-state index >= 15 is 0 Å². The monoisotopic (exact) mass is 435 g/mol. The van der Waals surface area contributed by atoms with Crippen LogP contribution in [0.3, 0.4) is 0 Å². The molecule has 0 aliphatic carbocycles. The van der Waals surface area contributed by atoms with E-state index in [4.69, 9.17) is 4.98 Å². The van der Waals surface area contributed by atoms with E-state index in [0.717, 1.165) is 58.4 Å². The number of aromatic amines is 1. The van der Waals surface area contributed by atoms with E-state index in [2.05, 4.69) is 74.2 Å². The van der Waals surface area contributed by atoms with Gasteiger partial charge in [-0.15, -0.1) is 10.2 Å². The summed E-state index contributed by atoms with van der Waals surface area (Å²) in [6.07, 6.45) is 5.07. The van der Waals surface area contributed by atoms with Gasteiger partial charge in [-0.05, 0) is 52.9 Å². The molecule has 2 aromatic carbocycles. The molecule has 33 heavy (non-hydrogen) atoms. The first-order valence-electron chi connectivity index (χ1n) is 11.2. The van der Waals surface area contributed by atoms with Crippen LogP contribution in [0.25, 0.3) is 33.5 Å². The molecule has 7 heteroatoms. The molecule has 0 saturated carbocycles. The van der Waals surface area contributed by atoms with Crippen molar-refractivity contribution in [3.05, 3.63) is 84.2 Å². The number of unbranched alkanes of at least 4 members (excludes halogenated alkanes) is 1. The van der Waals surface area contributed by atoms with Gasteiger partial charge in [-0.25, -0.2) is 0 Å². The van der Waals surface area contributed by atoms with E-state index in [-0.39, 0.29) is 0 Å². The molecule has 0 amide bonds. The zero-order valence-electron chi connectivity index (χ0n) is 18.5. The third-order valence-electron chi connectivity index (χ3n) is 5.66. The van der Waals surface area contributed by atoms with Crippen LogP contribution < -0.4 is 5.32 Å². The summed E-state index contributed by atoms with van der Waals surface area (Å²) in [6, 6.07) is 22.7. The third kappa shape index (κ3) is 4.57. The quantitative estimate of drug-likeness (QED) is 0.338. The summed E-state index contributed by atoms with van der Waals surface area (Å²) >= 11 is 0. The Morgan fingerprint density at radius 2 is 1.79 bits per heavy atom. The lowest BCUT2D eigenvalue weighted by Crippen LogP contribution is -2.03. The van der Waals surface area contributed by atoms with Gasteiger partial charge in [-0.1, -0.05) is 61.9 Å². The molecular formula is C26H25N7. The number of anilines is 1. The number of nitrogens with zero attached hydrogens (tertiary/aromatic N) is 5. The van der Waals surface area contributed by atoms with Gasteiger partial charge in [0.05, 0.1) is 11.2 Å². The van der Waals surface area contributed by atoms with Crippen molar-refractivity contribution < 1.29 is 0 Å². The van der Waals surface area contributed by atoms with Crippen LogP contribution in [-0.2, 0) is 13.0 Å². The molecule has 0 fully saturated rings. The molecule has 164 valence electrons. The lowest BCUT2D eigenvalue weighted by molar-refractivity contribution is 0.779. The summed E-state index contributed by atoms with van der Waals surface area (Å²) in [4.78, 5) is 9.34. The number of fused-ring (bicyclic) bond motifs is 1. The predicted octanol–water partition coefficient (Wildman–Crippen LogP) is 5.43. The normalized spacial score (nSPS) is 11.1. The number of aromatic nitrogens is 6. The topological polar surface area (TPSA) is 92.3 Å². The molecule has 0 bridgehead atoms. The maximum atomic E-state index is 4.78. The largest absolute Gasteiger partial charge is 0.379 e. The standard InChI is InChI=1S/C26H25N7/c1-2-3-7-20-16-24(25-23(29-20)10-6-15-27-25)28-17-18-11-13-19(14-12-18)21-8-4-5-9-22(21)26-30-32-33-31-26/h4-6,8-16H,2-3,7,17H2,1H3,(H,28,29)(H,30,31,32,33). The summed E-state index contributed by atoms with van der Waals surface area (Å²) in [5.74, 6) is 0.590. The Hall–Kier alpha value is -4.13. The highest BCUT2D eigenvalue weighted by molar-refractivity contribution is 5.87. The highest BCUT2D eigenvalue weighted by atomic mass is 15.5. The van der Waals surface area contributed by atoms with Crippen molar-refractivity contribution >= 4 is 16.7 Å². The van der Waals surface area contributed by atoms with Crippen LogP contribution in [0.2, 0.25) is 0 Å². The minimum atomic E-state index is 0.590. The summed E-state index contributed by atoms with van der Waals surface area (Å²) in [7, 11) is 0. The fourth-order valence-corrected chi connectivity index (χ4v) is 3.94. The average molecular weight is 436 g/mol. The van der Waals surface area contributed by atoms with E-state index < -0.39 is 0 Å². The van der Waals surface area contributed by atoms with Gasteiger partial charge in [0.25, 0.3) is 0 Å². The highest BCUT2D eigenvalue weighted by Gasteiger charge is 2.11. The van der Waals surface area contributed by atoms with Crippen molar-refractivity contribution in [1.82, 2.24) is 30.6 Å². The van der Waals surface area contributed by atoms with Gasteiger partial charge in [0.2, 0.25) is 5.82 Å². The Morgan fingerprint density at radius 1 is 0.939 bits per heavy atom. The fourth-order valence-electron chi connectivity index (χ4n) is 3.94. The maximum Gasteiger partial charge on any atom is 0.205 e. The second-order valence-electron chi connectivity index (χ2n) is 7.97. The molecule has 5 aromatic rings. The van der Waals surface area contributed by atoms with Crippen LogP contribution in [0.15, 0.2) is 72.9 Å². The van der Waals surface area contributed by atoms with Crippen molar-refractivity contribution in [2.45, 2.75) is 32.7 Å². The minimum absolute atomic E-state index is 0.590. The second kappa shape index (κ2) is 9.56. The molecule has 0 radical (unpaired) electrons. The van der Waals surface area contributed by atoms with Gasteiger partial charge < -0.3 is 5.32 Å². The Morgan fingerprint density at radius 3 is 2.58 bits per heavy atom. The van der Waals surface area contributed by atoms with Crippen molar-refractivity contribution in [2.24, 2.45) is 0 Å². The Balaban J connectivity index is 1.37. The highest BCUT2D eigenvalue weighted by Crippen LogP contribution is 2.30. The SMILES string of the molecule is CCCCc1cc(NCc2ccc(-c3ccccc3-c3nn[nH]n3)cc2)c2ncccc2n1. The lowest BCUT2D eigenvalue weighted by atomic mass is 9.98. The molecule has 3 heterocycles. The molecule has 0 aliphatic rings. The number of aryl methyl sites for hydroxylation is 1. The Labute approximate surface area is 192 Å². The number of nitrogens with one attached hydrogen (secondary N) is 2. The third-order valence-corrected chi connectivity index (χ3v) is 5.66. The number of tetrazole rings is 1. The van der Waals surface area contributed by atoms with E-state index in [0.29, 0.717) is 12.4 Å². The van der Waals surface area contributed by atoms with Crippen molar-refractivity contribution in [1.29, 1.82) is 0 Å². The van der Waals surface area contributed by atoms with Crippen LogP contribution in [-0.4, -0.2) is 30.6 Å². The van der Waals surface area contributed by atoms with Crippen LogP contribution in [0.1, 0.15) is 31.0 Å².